The SMILES string of the molecule is CC(C)(C)[C@H](NC(=O)c1nn(Cc2ccc(C#N)cc2)c2c(F)cccc12)C(=O)NCC(N)=O. The van der Waals surface area contributed by atoms with E-state index >= 15 is 0 Å². The van der Waals surface area contributed by atoms with Crippen LogP contribution in [0, 0.1) is 22.6 Å². The van der Waals surface area contributed by atoms with Crippen molar-refractivity contribution in [2.24, 2.45) is 11.1 Å². The summed E-state index contributed by atoms with van der Waals surface area (Å²) in [5, 5.41) is 18.7. The van der Waals surface area contributed by atoms with Crippen molar-refractivity contribution in [3.05, 3.63) is 65.1 Å². The average Bonchev–Trinajstić information content (AvgIpc) is 3.15. The van der Waals surface area contributed by atoms with Gasteiger partial charge in [0.05, 0.1) is 24.7 Å². The molecule has 3 rings (SSSR count). The molecule has 10 heteroatoms. The number of carbonyl (C=O) groups excluding carboxylic acids is 3. The van der Waals surface area contributed by atoms with Gasteiger partial charge in [-0.3, -0.25) is 19.1 Å². The molecule has 2 aromatic carbocycles. The fraction of sp³-hybridized carbons (Fsp3) is 0.292. The van der Waals surface area contributed by atoms with E-state index in [0.29, 0.717) is 5.56 Å². The Balaban J connectivity index is 1.95. The third kappa shape index (κ3) is 5.38. The van der Waals surface area contributed by atoms with Gasteiger partial charge in [-0.25, -0.2) is 4.39 Å². The molecule has 3 amide bonds. The van der Waals surface area contributed by atoms with Gasteiger partial charge in [-0.15, -0.1) is 0 Å². The molecule has 1 atom stereocenters. The first kappa shape index (κ1) is 24.4. The maximum Gasteiger partial charge on any atom is 0.273 e. The molecule has 0 fully saturated rings. The number of nitrogens with two attached hydrogens (primary N) is 1. The predicted octanol–water partition coefficient (Wildman–Crippen LogP) is 1.84. The normalized spacial score (nSPS) is 12.1. The van der Waals surface area contributed by atoms with E-state index < -0.39 is 35.0 Å². The Bertz CT molecular complexity index is 1290. The lowest BCUT2D eigenvalue weighted by Gasteiger charge is -2.30. The molecule has 0 bridgehead atoms. The number of hydrogen-bond donors (Lipinski definition) is 3. The van der Waals surface area contributed by atoms with Gasteiger partial charge >= 0.3 is 0 Å². The molecular weight excluding hydrogens is 439 g/mol. The van der Waals surface area contributed by atoms with E-state index in [1.54, 1.807) is 51.1 Å². The molecule has 1 heterocycles. The number of nitrogens with one attached hydrogen (secondary N) is 2. The number of hydrogen-bond acceptors (Lipinski definition) is 5. The molecule has 9 nitrogen and oxygen atoms in total. The van der Waals surface area contributed by atoms with Crippen LogP contribution in [0.15, 0.2) is 42.5 Å². The van der Waals surface area contributed by atoms with Gasteiger partial charge in [-0.1, -0.05) is 45.0 Å². The van der Waals surface area contributed by atoms with Gasteiger partial charge in [-0.2, -0.15) is 10.4 Å². The third-order valence-electron chi connectivity index (χ3n) is 5.19. The molecule has 0 radical (unpaired) electrons. The highest BCUT2D eigenvalue weighted by Crippen LogP contribution is 2.25. The lowest BCUT2D eigenvalue weighted by Crippen LogP contribution is -2.54. The van der Waals surface area contributed by atoms with Crippen molar-refractivity contribution in [3.63, 3.8) is 0 Å². The highest BCUT2D eigenvalue weighted by molar-refractivity contribution is 6.06. The Labute approximate surface area is 195 Å². The van der Waals surface area contributed by atoms with Gasteiger partial charge in [0.1, 0.15) is 17.4 Å². The van der Waals surface area contributed by atoms with Crippen LogP contribution < -0.4 is 16.4 Å². The van der Waals surface area contributed by atoms with E-state index in [2.05, 4.69) is 15.7 Å². The van der Waals surface area contributed by atoms with Crippen LogP contribution >= 0.6 is 0 Å². The second kappa shape index (κ2) is 9.70. The number of rotatable bonds is 7. The van der Waals surface area contributed by atoms with Crippen LogP contribution in [0.2, 0.25) is 0 Å². The summed E-state index contributed by atoms with van der Waals surface area (Å²) in [6.07, 6.45) is 0. The topological polar surface area (TPSA) is 143 Å². The minimum atomic E-state index is -1.01. The molecule has 4 N–H and O–H groups in total. The minimum absolute atomic E-state index is 0.0416. The monoisotopic (exact) mass is 464 g/mol. The fourth-order valence-electron chi connectivity index (χ4n) is 3.48. The van der Waals surface area contributed by atoms with Crippen molar-refractivity contribution >= 4 is 28.6 Å². The highest BCUT2D eigenvalue weighted by Gasteiger charge is 2.34. The Morgan fingerprint density at radius 2 is 1.85 bits per heavy atom. The average molecular weight is 465 g/mol. The molecule has 176 valence electrons. The van der Waals surface area contributed by atoms with Crippen LogP contribution in [0.25, 0.3) is 10.9 Å². The van der Waals surface area contributed by atoms with Crippen LogP contribution in [-0.4, -0.2) is 40.1 Å². The van der Waals surface area contributed by atoms with Crippen molar-refractivity contribution in [3.8, 4) is 6.07 Å². The van der Waals surface area contributed by atoms with Crippen LogP contribution in [0.3, 0.4) is 0 Å². The zero-order valence-electron chi connectivity index (χ0n) is 19.1. The van der Waals surface area contributed by atoms with E-state index in [0.717, 1.165) is 5.56 Å². The minimum Gasteiger partial charge on any atom is -0.368 e. The number of benzene rings is 2. The highest BCUT2D eigenvalue weighted by atomic mass is 19.1. The van der Waals surface area contributed by atoms with Gasteiger partial charge < -0.3 is 16.4 Å². The second-order valence-electron chi connectivity index (χ2n) is 8.91. The van der Waals surface area contributed by atoms with E-state index in [-0.39, 0.29) is 29.7 Å². The van der Waals surface area contributed by atoms with Crippen molar-refractivity contribution in [1.82, 2.24) is 20.4 Å². The smallest absolute Gasteiger partial charge is 0.273 e. The van der Waals surface area contributed by atoms with Crippen molar-refractivity contribution in [1.29, 1.82) is 5.26 Å². The lowest BCUT2D eigenvalue weighted by atomic mass is 9.86. The number of carbonyl (C=O) groups is 3. The first-order valence-electron chi connectivity index (χ1n) is 10.5. The summed E-state index contributed by atoms with van der Waals surface area (Å²) in [4.78, 5) is 36.9. The number of amides is 3. The van der Waals surface area contributed by atoms with Gasteiger partial charge in [0.2, 0.25) is 11.8 Å². The first-order chi connectivity index (χ1) is 16.0. The Hall–Kier alpha value is -4.26. The molecule has 0 spiro atoms. The Morgan fingerprint density at radius 1 is 1.18 bits per heavy atom. The molecule has 0 saturated heterocycles. The van der Waals surface area contributed by atoms with E-state index in [1.165, 1.54) is 16.8 Å². The number of nitrogens with zero attached hydrogens (tertiary/aromatic N) is 3. The van der Waals surface area contributed by atoms with Crippen molar-refractivity contribution < 1.29 is 18.8 Å². The summed E-state index contributed by atoms with van der Waals surface area (Å²) >= 11 is 0. The van der Waals surface area contributed by atoms with E-state index in [4.69, 9.17) is 11.0 Å². The fourth-order valence-corrected chi connectivity index (χ4v) is 3.48. The summed E-state index contributed by atoms with van der Waals surface area (Å²) in [6.45, 7) is 5.06. The number of nitriles is 1. The van der Waals surface area contributed by atoms with Gasteiger partial charge in [0.25, 0.3) is 5.91 Å². The quantitative estimate of drug-likeness (QED) is 0.489. The molecule has 0 aliphatic carbocycles. The number of primary amides is 1. The van der Waals surface area contributed by atoms with Crippen LogP contribution in [0.5, 0.6) is 0 Å². The maximum absolute atomic E-state index is 14.8. The van der Waals surface area contributed by atoms with E-state index in [9.17, 15) is 18.8 Å². The van der Waals surface area contributed by atoms with Crippen molar-refractivity contribution in [2.75, 3.05) is 6.54 Å². The summed E-state index contributed by atoms with van der Waals surface area (Å²) in [6, 6.07) is 12.1. The number of halogens is 1. The molecule has 0 unspecified atom stereocenters. The molecule has 0 aliphatic rings. The molecular formula is C24H25FN6O3. The molecule has 1 aromatic heterocycles. The molecule has 3 aromatic rings. The Morgan fingerprint density at radius 3 is 2.44 bits per heavy atom. The summed E-state index contributed by atoms with van der Waals surface area (Å²) < 4.78 is 16.1. The molecule has 0 saturated carbocycles. The largest absolute Gasteiger partial charge is 0.368 e. The van der Waals surface area contributed by atoms with Crippen LogP contribution in [0.1, 0.15) is 42.4 Å². The predicted molar refractivity (Wildman–Crippen MR) is 123 cm³/mol. The zero-order chi connectivity index (χ0) is 25.0. The standard InChI is InChI=1S/C24H25FN6O3/c1-24(2,3)21(23(34)28-12-18(27)32)29-22(33)19-16-5-4-6-17(25)20(16)31(30-19)13-15-9-7-14(11-26)8-10-15/h4-10,21H,12-13H2,1-3H3,(H2,27,32)(H,28,34)(H,29,33)/t21-/m1/s1. The molecule has 0 aliphatic heterocycles. The first-order valence-corrected chi connectivity index (χ1v) is 10.5. The van der Waals surface area contributed by atoms with Crippen LogP contribution in [-0.2, 0) is 16.1 Å². The number of aromatic nitrogens is 2. The van der Waals surface area contributed by atoms with Gasteiger partial charge in [0, 0.05) is 5.39 Å². The second-order valence-corrected chi connectivity index (χ2v) is 8.91. The summed E-state index contributed by atoms with van der Waals surface area (Å²) in [5.74, 6) is -2.50. The number of para-hydroxylation sites is 1. The van der Waals surface area contributed by atoms with E-state index in [1.807, 2.05) is 6.07 Å². The van der Waals surface area contributed by atoms with Crippen LogP contribution in [0.4, 0.5) is 4.39 Å². The molecule has 34 heavy (non-hydrogen) atoms. The summed E-state index contributed by atoms with van der Waals surface area (Å²) in [7, 11) is 0. The van der Waals surface area contributed by atoms with Gasteiger partial charge in [-0.05, 0) is 29.2 Å². The Kier molecular flexibility index (Phi) is 6.96. The number of fused-ring (bicyclic) bond motifs is 1. The summed E-state index contributed by atoms with van der Waals surface area (Å²) in [5.41, 5.74) is 5.74. The van der Waals surface area contributed by atoms with Gasteiger partial charge in [0.15, 0.2) is 5.69 Å². The maximum atomic E-state index is 14.8. The zero-order valence-corrected chi connectivity index (χ0v) is 19.1. The third-order valence-corrected chi connectivity index (χ3v) is 5.19. The van der Waals surface area contributed by atoms with Crippen molar-refractivity contribution in [2.45, 2.75) is 33.4 Å². The lowest BCUT2D eigenvalue weighted by molar-refractivity contribution is -0.128.